The molecule has 104 valence electrons. The summed E-state index contributed by atoms with van der Waals surface area (Å²) in [6.45, 7) is 2.69. The highest BCUT2D eigenvalue weighted by Gasteiger charge is 2.24. The van der Waals surface area contributed by atoms with E-state index in [1.165, 1.54) is 12.3 Å². The van der Waals surface area contributed by atoms with Crippen molar-refractivity contribution in [3.63, 3.8) is 0 Å². The number of amides is 1. The number of hydrogen-bond acceptors (Lipinski definition) is 5. The molecule has 0 saturated carbocycles. The van der Waals surface area contributed by atoms with E-state index >= 15 is 0 Å². The van der Waals surface area contributed by atoms with Gasteiger partial charge in [-0.3, -0.25) is 4.79 Å². The molecule has 1 amide bonds. The molecule has 1 aromatic rings. The number of anilines is 1. The highest BCUT2D eigenvalue weighted by Crippen LogP contribution is 2.20. The van der Waals surface area contributed by atoms with Gasteiger partial charge in [-0.15, -0.1) is 0 Å². The van der Waals surface area contributed by atoms with Crippen molar-refractivity contribution in [2.24, 2.45) is 5.84 Å². The van der Waals surface area contributed by atoms with Crippen LogP contribution in [0, 0.1) is 0 Å². The van der Waals surface area contributed by atoms with Gasteiger partial charge in [0.1, 0.15) is 0 Å². The molecule has 2 heterocycles. The number of nitrogen functional groups attached to an aromatic ring is 1. The number of nitrogens with two attached hydrogens (primary N) is 1. The molecule has 1 aromatic heterocycles. The van der Waals surface area contributed by atoms with Crippen LogP contribution in [-0.2, 0) is 4.74 Å². The second kappa shape index (κ2) is 6.18. The lowest BCUT2D eigenvalue weighted by molar-refractivity contribution is 0.0712. The Hall–Kier alpha value is -1.37. The van der Waals surface area contributed by atoms with E-state index in [2.05, 4.69) is 15.7 Å². The Morgan fingerprint density at radius 3 is 3.05 bits per heavy atom. The zero-order valence-electron chi connectivity index (χ0n) is 10.6. The maximum absolute atomic E-state index is 12.0. The number of hydrazine groups is 1. The molecule has 1 aliphatic heterocycles. The second-order valence-corrected chi connectivity index (χ2v) is 4.92. The Kier molecular flexibility index (Phi) is 4.57. The van der Waals surface area contributed by atoms with Crippen molar-refractivity contribution in [1.29, 1.82) is 0 Å². The van der Waals surface area contributed by atoms with Crippen molar-refractivity contribution in [2.45, 2.75) is 31.9 Å². The maximum Gasteiger partial charge on any atom is 0.253 e. The summed E-state index contributed by atoms with van der Waals surface area (Å²) in [7, 11) is 0. The van der Waals surface area contributed by atoms with E-state index in [-0.39, 0.29) is 18.1 Å². The molecule has 0 aliphatic carbocycles. The predicted octanol–water partition coefficient (Wildman–Crippen LogP) is 1.32. The molecule has 19 heavy (non-hydrogen) atoms. The third-order valence-electron chi connectivity index (χ3n) is 3.12. The van der Waals surface area contributed by atoms with Crippen molar-refractivity contribution in [3.8, 4) is 0 Å². The molecule has 0 bridgehead atoms. The minimum absolute atomic E-state index is 0.0407. The predicted molar refractivity (Wildman–Crippen MR) is 73.0 cm³/mol. The van der Waals surface area contributed by atoms with Crippen LogP contribution in [0.15, 0.2) is 12.3 Å². The Morgan fingerprint density at radius 2 is 2.47 bits per heavy atom. The third kappa shape index (κ3) is 3.34. The molecule has 7 heteroatoms. The molecule has 6 nitrogen and oxygen atoms in total. The van der Waals surface area contributed by atoms with Crippen LogP contribution in [0.3, 0.4) is 0 Å². The van der Waals surface area contributed by atoms with Crippen molar-refractivity contribution in [2.75, 3.05) is 12.0 Å². The lowest BCUT2D eigenvalue weighted by Gasteiger charge is -2.20. The lowest BCUT2D eigenvalue weighted by atomic mass is 10.1. The van der Waals surface area contributed by atoms with Gasteiger partial charge >= 0.3 is 0 Å². The zero-order chi connectivity index (χ0) is 13.8. The van der Waals surface area contributed by atoms with Gasteiger partial charge in [0, 0.05) is 12.8 Å². The van der Waals surface area contributed by atoms with Gasteiger partial charge in [-0.25, -0.2) is 10.8 Å². The number of halogens is 1. The van der Waals surface area contributed by atoms with Gasteiger partial charge in [0.25, 0.3) is 5.91 Å². The van der Waals surface area contributed by atoms with Gasteiger partial charge in [-0.05, 0) is 25.8 Å². The number of rotatable bonds is 4. The number of carbonyl (C=O) groups excluding carboxylic acids is 1. The summed E-state index contributed by atoms with van der Waals surface area (Å²) in [5.41, 5.74) is 2.75. The average molecular weight is 285 g/mol. The Labute approximate surface area is 116 Å². The van der Waals surface area contributed by atoms with Gasteiger partial charge < -0.3 is 15.5 Å². The van der Waals surface area contributed by atoms with Gasteiger partial charge in [0.15, 0.2) is 5.82 Å². The molecule has 4 N–H and O–H groups in total. The zero-order valence-corrected chi connectivity index (χ0v) is 11.4. The minimum atomic E-state index is -0.221. The fourth-order valence-electron chi connectivity index (χ4n) is 2.05. The third-order valence-corrected chi connectivity index (χ3v) is 3.41. The monoisotopic (exact) mass is 284 g/mol. The van der Waals surface area contributed by atoms with E-state index in [9.17, 15) is 4.79 Å². The van der Waals surface area contributed by atoms with Crippen molar-refractivity contribution in [3.05, 3.63) is 22.8 Å². The smallest absolute Gasteiger partial charge is 0.253 e. The summed E-state index contributed by atoms with van der Waals surface area (Å²) >= 11 is 5.93. The van der Waals surface area contributed by atoms with Crippen LogP contribution in [0.1, 0.15) is 30.1 Å². The highest BCUT2D eigenvalue weighted by atomic mass is 35.5. The Bertz CT molecular complexity index is 463. The first-order valence-corrected chi connectivity index (χ1v) is 6.54. The molecule has 2 rings (SSSR count). The summed E-state index contributed by atoms with van der Waals surface area (Å²) in [5, 5.41) is 3.19. The van der Waals surface area contributed by atoms with Crippen LogP contribution < -0.4 is 16.6 Å². The normalized spacial score (nSPS) is 20.1. The quantitative estimate of drug-likeness (QED) is 0.573. The van der Waals surface area contributed by atoms with E-state index in [1.54, 1.807) is 0 Å². The maximum atomic E-state index is 12.0. The first-order valence-electron chi connectivity index (χ1n) is 6.16. The fraction of sp³-hybridized carbons (Fsp3) is 0.500. The lowest BCUT2D eigenvalue weighted by Crippen LogP contribution is -2.40. The van der Waals surface area contributed by atoms with E-state index in [0.29, 0.717) is 16.4 Å². The van der Waals surface area contributed by atoms with Crippen LogP contribution in [0.2, 0.25) is 5.02 Å². The largest absolute Gasteiger partial charge is 0.376 e. The fourth-order valence-corrected chi connectivity index (χ4v) is 2.27. The topological polar surface area (TPSA) is 89.3 Å². The Balaban J connectivity index is 2.01. The Morgan fingerprint density at radius 1 is 1.68 bits per heavy atom. The molecule has 0 radical (unpaired) electrons. The van der Waals surface area contributed by atoms with Crippen LogP contribution in [0.4, 0.5) is 5.82 Å². The van der Waals surface area contributed by atoms with Gasteiger partial charge in [0.05, 0.1) is 22.7 Å². The van der Waals surface area contributed by atoms with E-state index < -0.39 is 0 Å². The molecular formula is C12H17ClN4O2. The van der Waals surface area contributed by atoms with Gasteiger partial charge in [-0.2, -0.15) is 0 Å². The summed E-state index contributed by atoms with van der Waals surface area (Å²) in [6, 6.07) is 1.49. The second-order valence-electron chi connectivity index (χ2n) is 4.51. The number of aromatic nitrogens is 1. The first-order chi connectivity index (χ1) is 9.11. The van der Waals surface area contributed by atoms with E-state index in [1.807, 2.05) is 6.92 Å². The highest BCUT2D eigenvalue weighted by molar-refractivity contribution is 6.33. The summed E-state index contributed by atoms with van der Waals surface area (Å²) in [4.78, 5) is 16.0. The molecule has 0 aromatic carbocycles. The molecule has 1 fully saturated rings. The SMILES string of the molecule is CC(NC(=O)c1cnc(NN)c(Cl)c1)C1CCCO1. The number of pyridine rings is 1. The van der Waals surface area contributed by atoms with E-state index in [0.717, 1.165) is 19.4 Å². The van der Waals surface area contributed by atoms with Crippen molar-refractivity contribution in [1.82, 2.24) is 10.3 Å². The average Bonchev–Trinajstić information content (AvgIpc) is 2.92. The minimum Gasteiger partial charge on any atom is -0.376 e. The van der Waals surface area contributed by atoms with Crippen molar-refractivity contribution < 1.29 is 9.53 Å². The summed E-state index contributed by atoms with van der Waals surface area (Å²) in [5.74, 6) is 5.34. The van der Waals surface area contributed by atoms with Crippen LogP contribution in [0.5, 0.6) is 0 Å². The van der Waals surface area contributed by atoms with Crippen LogP contribution in [-0.4, -0.2) is 29.6 Å². The summed E-state index contributed by atoms with van der Waals surface area (Å²) < 4.78 is 5.53. The standard InChI is InChI=1S/C12H17ClN4O2/c1-7(10-3-2-4-19-10)16-12(18)8-5-9(13)11(17-14)15-6-8/h5-7,10H,2-4,14H2,1H3,(H,15,17)(H,16,18). The number of nitrogens with zero attached hydrogens (tertiary/aromatic N) is 1. The molecule has 0 spiro atoms. The van der Waals surface area contributed by atoms with Crippen LogP contribution in [0.25, 0.3) is 0 Å². The number of hydrogen-bond donors (Lipinski definition) is 3. The first kappa shape index (κ1) is 14.0. The van der Waals surface area contributed by atoms with Crippen molar-refractivity contribution >= 4 is 23.3 Å². The number of carbonyl (C=O) groups is 1. The van der Waals surface area contributed by atoms with Gasteiger partial charge in [-0.1, -0.05) is 11.6 Å². The van der Waals surface area contributed by atoms with Crippen LogP contribution >= 0.6 is 11.6 Å². The molecule has 2 atom stereocenters. The van der Waals surface area contributed by atoms with E-state index in [4.69, 9.17) is 22.2 Å². The molecule has 1 aliphatic rings. The summed E-state index contributed by atoms with van der Waals surface area (Å²) in [6.07, 6.45) is 3.52. The molecule has 1 saturated heterocycles. The van der Waals surface area contributed by atoms with Gasteiger partial charge in [0.2, 0.25) is 0 Å². The molecule has 2 unspecified atom stereocenters. The number of ether oxygens (including phenoxy) is 1. The number of nitrogens with one attached hydrogen (secondary N) is 2. The molecular weight excluding hydrogens is 268 g/mol.